The molecule has 1 aromatic heterocycles. The lowest BCUT2D eigenvalue weighted by Gasteiger charge is -2.14. The van der Waals surface area contributed by atoms with Gasteiger partial charge in [-0.1, -0.05) is 17.7 Å². The van der Waals surface area contributed by atoms with E-state index in [1.807, 2.05) is 23.7 Å². The molecule has 1 aliphatic rings. The quantitative estimate of drug-likeness (QED) is 0.699. The van der Waals surface area contributed by atoms with E-state index in [-0.39, 0.29) is 5.69 Å². The van der Waals surface area contributed by atoms with Gasteiger partial charge in [0.15, 0.2) is 11.6 Å². The molecule has 1 aliphatic heterocycles. The van der Waals surface area contributed by atoms with Crippen molar-refractivity contribution in [1.29, 1.82) is 0 Å². The molecule has 2 heterocycles. The Balaban J connectivity index is 1.76. The Kier molecular flexibility index (Phi) is 3.49. The molecule has 0 aliphatic carbocycles. The topological polar surface area (TPSA) is 33.4 Å². The average Bonchev–Trinajstić information content (AvgIpc) is 3.15. The number of imidazole rings is 1. The predicted octanol–water partition coefficient (Wildman–Crippen LogP) is 4.12. The van der Waals surface area contributed by atoms with Crippen molar-refractivity contribution in [2.45, 2.75) is 6.42 Å². The Morgan fingerprint density at radius 3 is 2.67 bits per heavy atom. The number of para-hydroxylation sites is 1. The van der Waals surface area contributed by atoms with Gasteiger partial charge in [-0.05, 0) is 24.3 Å². The van der Waals surface area contributed by atoms with E-state index >= 15 is 0 Å². The molecule has 7 heteroatoms. The first-order valence-corrected chi connectivity index (χ1v) is 7.82. The van der Waals surface area contributed by atoms with Crippen LogP contribution in [0.3, 0.4) is 0 Å². The first-order chi connectivity index (χ1) is 11.5. The van der Waals surface area contributed by atoms with Gasteiger partial charge in [-0.2, -0.15) is 5.10 Å². The van der Waals surface area contributed by atoms with E-state index in [4.69, 9.17) is 11.6 Å². The van der Waals surface area contributed by atoms with Crippen molar-refractivity contribution in [1.82, 2.24) is 9.55 Å². The maximum absolute atomic E-state index is 13.9. The number of aryl methyl sites for hydroxylation is 1. The maximum Gasteiger partial charge on any atom is 0.151 e. The molecule has 0 bridgehead atoms. The number of hydrogen-bond acceptors (Lipinski definition) is 3. The van der Waals surface area contributed by atoms with E-state index in [2.05, 4.69) is 10.1 Å². The van der Waals surface area contributed by atoms with Gasteiger partial charge in [0.1, 0.15) is 5.69 Å². The van der Waals surface area contributed by atoms with Crippen molar-refractivity contribution in [2.24, 2.45) is 12.1 Å². The maximum atomic E-state index is 13.9. The molecule has 0 amide bonds. The van der Waals surface area contributed by atoms with Crippen LogP contribution in [0.1, 0.15) is 12.0 Å². The SMILES string of the molecule is Cn1cnc2cc(C3=NN(c4c(F)cccc4F)CC3)cc(Cl)c21. The Morgan fingerprint density at radius 1 is 1.17 bits per heavy atom. The summed E-state index contributed by atoms with van der Waals surface area (Å²) in [5.41, 5.74) is 3.02. The molecule has 0 radical (unpaired) electrons. The lowest BCUT2D eigenvalue weighted by Crippen LogP contribution is -2.15. The molecule has 0 N–H and O–H groups in total. The van der Waals surface area contributed by atoms with Gasteiger partial charge < -0.3 is 4.57 Å². The fraction of sp³-hybridized carbons (Fsp3) is 0.176. The molecule has 0 saturated heterocycles. The molecule has 0 atom stereocenters. The smallest absolute Gasteiger partial charge is 0.151 e. The standard InChI is InChI=1S/C17H13ClF2N4/c1-23-9-21-15-8-10(7-11(18)16(15)23)14-5-6-24(22-14)17-12(19)3-2-4-13(17)20/h2-4,7-9H,5-6H2,1H3. The number of nitrogens with zero attached hydrogens (tertiary/aromatic N) is 4. The van der Waals surface area contributed by atoms with Crippen LogP contribution < -0.4 is 5.01 Å². The van der Waals surface area contributed by atoms with Gasteiger partial charge in [0.2, 0.25) is 0 Å². The van der Waals surface area contributed by atoms with Crippen LogP contribution in [0.25, 0.3) is 11.0 Å². The molecule has 4 nitrogen and oxygen atoms in total. The second-order valence-electron chi connectivity index (χ2n) is 5.67. The molecular formula is C17H13ClF2N4. The summed E-state index contributed by atoms with van der Waals surface area (Å²) < 4.78 is 29.7. The fourth-order valence-electron chi connectivity index (χ4n) is 2.96. The highest BCUT2D eigenvalue weighted by molar-refractivity contribution is 6.35. The van der Waals surface area contributed by atoms with Crippen molar-refractivity contribution >= 4 is 34.0 Å². The molecular weight excluding hydrogens is 334 g/mol. The Morgan fingerprint density at radius 2 is 1.92 bits per heavy atom. The Hall–Kier alpha value is -2.47. The first kappa shape index (κ1) is 15.1. The van der Waals surface area contributed by atoms with E-state index in [1.165, 1.54) is 23.2 Å². The third-order valence-electron chi connectivity index (χ3n) is 4.10. The summed E-state index contributed by atoms with van der Waals surface area (Å²) in [6.07, 6.45) is 2.26. The van der Waals surface area contributed by atoms with Crippen LogP contribution >= 0.6 is 11.6 Å². The van der Waals surface area contributed by atoms with E-state index in [9.17, 15) is 8.78 Å². The highest BCUT2D eigenvalue weighted by Crippen LogP contribution is 2.30. The zero-order chi connectivity index (χ0) is 16.8. The van der Waals surface area contributed by atoms with Crippen LogP contribution in [0.2, 0.25) is 5.02 Å². The van der Waals surface area contributed by atoms with Crippen LogP contribution in [-0.4, -0.2) is 21.8 Å². The molecule has 4 rings (SSSR count). The van der Waals surface area contributed by atoms with Crippen molar-refractivity contribution in [2.75, 3.05) is 11.6 Å². The molecule has 3 aromatic rings. The molecule has 0 saturated carbocycles. The van der Waals surface area contributed by atoms with Gasteiger partial charge in [0.05, 0.1) is 28.1 Å². The summed E-state index contributed by atoms with van der Waals surface area (Å²) in [6.45, 7) is 0.408. The zero-order valence-corrected chi connectivity index (χ0v) is 13.6. The number of aromatic nitrogens is 2. The summed E-state index contributed by atoms with van der Waals surface area (Å²) >= 11 is 6.34. The van der Waals surface area contributed by atoms with E-state index in [0.29, 0.717) is 18.0 Å². The molecule has 24 heavy (non-hydrogen) atoms. The number of hydrogen-bond donors (Lipinski definition) is 0. The van der Waals surface area contributed by atoms with Crippen LogP contribution in [-0.2, 0) is 7.05 Å². The van der Waals surface area contributed by atoms with E-state index < -0.39 is 11.6 Å². The van der Waals surface area contributed by atoms with Gasteiger partial charge in [-0.25, -0.2) is 13.8 Å². The van der Waals surface area contributed by atoms with Crippen LogP contribution in [0.4, 0.5) is 14.5 Å². The minimum atomic E-state index is -0.627. The van der Waals surface area contributed by atoms with Gasteiger partial charge in [-0.3, -0.25) is 5.01 Å². The average molecular weight is 347 g/mol. The highest BCUT2D eigenvalue weighted by Gasteiger charge is 2.23. The predicted molar refractivity (Wildman–Crippen MR) is 90.6 cm³/mol. The van der Waals surface area contributed by atoms with Gasteiger partial charge in [0, 0.05) is 25.6 Å². The van der Waals surface area contributed by atoms with E-state index in [0.717, 1.165) is 22.3 Å². The van der Waals surface area contributed by atoms with Gasteiger partial charge >= 0.3 is 0 Å². The second kappa shape index (κ2) is 5.56. The van der Waals surface area contributed by atoms with Gasteiger partial charge in [-0.15, -0.1) is 0 Å². The second-order valence-corrected chi connectivity index (χ2v) is 6.08. The first-order valence-electron chi connectivity index (χ1n) is 7.44. The number of anilines is 1. The monoisotopic (exact) mass is 346 g/mol. The minimum absolute atomic E-state index is 0.127. The third kappa shape index (κ3) is 2.34. The molecule has 0 unspecified atom stereocenters. The fourth-order valence-corrected chi connectivity index (χ4v) is 3.31. The highest BCUT2D eigenvalue weighted by atomic mass is 35.5. The number of halogens is 3. The Labute approximate surface area is 142 Å². The number of hydrazone groups is 1. The number of fused-ring (bicyclic) bond motifs is 1. The van der Waals surface area contributed by atoms with Crippen LogP contribution in [0, 0.1) is 11.6 Å². The summed E-state index contributed by atoms with van der Waals surface area (Å²) in [4.78, 5) is 4.31. The molecule has 0 fully saturated rings. The lowest BCUT2D eigenvalue weighted by molar-refractivity contribution is 0.576. The summed E-state index contributed by atoms with van der Waals surface area (Å²) in [6, 6.07) is 7.49. The summed E-state index contributed by atoms with van der Waals surface area (Å²) in [5.74, 6) is -1.25. The number of benzene rings is 2. The zero-order valence-electron chi connectivity index (χ0n) is 12.8. The van der Waals surface area contributed by atoms with Gasteiger partial charge in [0.25, 0.3) is 0 Å². The van der Waals surface area contributed by atoms with Crippen molar-refractivity contribution in [3.63, 3.8) is 0 Å². The summed E-state index contributed by atoms with van der Waals surface area (Å²) in [5, 5.41) is 6.31. The molecule has 122 valence electrons. The Bertz CT molecular complexity index is 960. The van der Waals surface area contributed by atoms with Crippen LogP contribution in [0.15, 0.2) is 41.8 Å². The third-order valence-corrected chi connectivity index (χ3v) is 4.38. The molecule has 2 aromatic carbocycles. The largest absolute Gasteiger partial charge is 0.333 e. The van der Waals surface area contributed by atoms with Crippen LogP contribution in [0.5, 0.6) is 0 Å². The van der Waals surface area contributed by atoms with Crippen molar-refractivity contribution in [3.8, 4) is 0 Å². The summed E-state index contributed by atoms with van der Waals surface area (Å²) in [7, 11) is 1.87. The lowest BCUT2D eigenvalue weighted by atomic mass is 10.1. The molecule has 0 spiro atoms. The van der Waals surface area contributed by atoms with Crippen molar-refractivity contribution < 1.29 is 8.78 Å². The van der Waals surface area contributed by atoms with E-state index in [1.54, 1.807) is 6.33 Å². The van der Waals surface area contributed by atoms with Crippen molar-refractivity contribution in [3.05, 3.63) is 58.9 Å². The normalized spacial score (nSPS) is 14.5. The minimum Gasteiger partial charge on any atom is -0.333 e. The number of rotatable bonds is 2.